The van der Waals surface area contributed by atoms with Crippen LogP contribution in [0.15, 0.2) is 24.3 Å². The first-order valence-corrected chi connectivity index (χ1v) is 7.46. The average Bonchev–Trinajstić information content (AvgIpc) is 2.43. The number of carbonyl (C=O) groups excluding carboxylic acids is 1. The van der Waals surface area contributed by atoms with E-state index in [1.165, 1.54) is 13.3 Å². The molecule has 1 aromatic carbocycles. The van der Waals surface area contributed by atoms with Gasteiger partial charge in [-0.15, -0.1) is 0 Å². The summed E-state index contributed by atoms with van der Waals surface area (Å²) in [5, 5.41) is 6.31. The standard InChI is InChI=1S/C16H27N3O/c1-4-11-19(5-2)12-10-17-13-15-8-6-7-9-16(15)18-14(3)20/h6-9,17H,4-5,10-13H2,1-3H3,(H,18,20). The van der Waals surface area contributed by atoms with E-state index in [0.717, 1.165) is 44.0 Å². The number of rotatable bonds is 9. The third-order valence-corrected chi connectivity index (χ3v) is 3.24. The van der Waals surface area contributed by atoms with Gasteiger partial charge in [-0.3, -0.25) is 4.79 Å². The monoisotopic (exact) mass is 277 g/mol. The van der Waals surface area contributed by atoms with Gasteiger partial charge in [0, 0.05) is 32.2 Å². The third-order valence-electron chi connectivity index (χ3n) is 3.24. The molecule has 0 spiro atoms. The Kier molecular flexibility index (Phi) is 7.92. The fraction of sp³-hybridized carbons (Fsp3) is 0.562. The molecule has 0 aromatic heterocycles. The van der Waals surface area contributed by atoms with Crippen LogP contribution in [-0.2, 0) is 11.3 Å². The molecule has 0 atom stereocenters. The molecule has 20 heavy (non-hydrogen) atoms. The molecular weight excluding hydrogens is 250 g/mol. The fourth-order valence-electron chi connectivity index (χ4n) is 2.19. The largest absolute Gasteiger partial charge is 0.326 e. The van der Waals surface area contributed by atoms with Crippen molar-refractivity contribution in [2.24, 2.45) is 0 Å². The van der Waals surface area contributed by atoms with Gasteiger partial charge in [0.1, 0.15) is 0 Å². The van der Waals surface area contributed by atoms with Gasteiger partial charge in [-0.05, 0) is 31.1 Å². The molecule has 112 valence electrons. The van der Waals surface area contributed by atoms with Gasteiger partial charge in [0.15, 0.2) is 0 Å². The lowest BCUT2D eigenvalue weighted by Gasteiger charge is -2.19. The van der Waals surface area contributed by atoms with Gasteiger partial charge in [0.2, 0.25) is 5.91 Å². The molecule has 0 heterocycles. The van der Waals surface area contributed by atoms with E-state index < -0.39 is 0 Å². The van der Waals surface area contributed by atoms with Gasteiger partial charge in [0.05, 0.1) is 0 Å². The van der Waals surface area contributed by atoms with E-state index in [2.05, 4.69) is 29.4 Å². The summed E-state index contributed by atoms with van der Waals surface area (Å²) in [6.07, 6.45) is 1.19. The highest BCUT2D eigenvalue weighted by molar-refractivity contribution is 5.89. The Morgan fingerprint density at radius 1 is 1.20 bits per heavy atom. The highest BCUT2D eigenvalue weighted by Gasteiger charge is 2.04. The molecule has 4 nitrogen and oxygen atoms in total. The molecular formula is C16H27N3O. The van der Waals surface area contributed by atoms with Crippen molar-refractivity contribution in [3.63, 3.8) is 0 Å². The maximum atomic E-state index is 11.2. The van der Waals surface area contributed by atoms with E-state index in [1.54, 1.807) is 0 Å². The lowest BCUT2D eigenvalue weighted by molar-refractivity contribution is -0.114. The van der Waals surface area contributed by atoms with Crippen molar-refractivity contribution in [2.45, 2.75) is 33.7 Å². The quantitative estimate of drug-likeness (QED) is 0.682. The zero-order valence-electron chi connectivity index (χ0n) is 12.9. The highest BCUT2D eigenvalue weighted by atomic mass is 16.1. The molecule has 2 N–H and O–H groups in total. The number of anilines is 1. The maximum absolute atomic E-state index is 11.2. The number of nitrogens with zero attached hydrogens (tertiary/aromatic N) is 1. The Labute approximate surface area is 122 Å². The molecule has 0 aliphatic heterocycles. The van der Waals surface area contributed by atoms with Crippen LogP contribution in [0.5, 0.6) is 0 Å². The van der Waals surface area contributed by atoms with Crippen LogP contribution in [-0.4, -0.2) is 37.0 Å². The van der Waals surface area contributed by atoms with Crippen LogP contribution in [0, 0.1) is 0 Å². The molecule has 0 fully saturated rings. The predicted octanol–water partition coefficient (Wildman–Crippen LogP) is 2.47. The van der Waals surface area contributed by atoms with Gasteiger partial charge < -0.3 is 15.5 Å². The average molecular weight is 277 g/mol. The SMILES string of the molecule is CCCN(CC)CCNCc1ccccc1NC(C)=O. The Hall–Kier alpha value is -1.39. The summed E-state index contributed by atoms with van der Waals surface area (Å²) in [6.45, 7) is 11.0. The first-order chi connectivity index (χ1) is 9.67. The highest BCUT2D eigenvalue weighted by Crippen LogP contribution is 2.14. The Bertz CT molecular complexity index is 406. The van der Waals surface area contributed by atoms with Crippen LogP contribution < -0.4 is 10.6 Å². The summed E-state index contributed by atoms with van der Waals surface area (Å²) < 4.78 is 0. The molecule has 0 aliphatic rings. The minimum absolute atomic E-state index is 0.0300. The summed E-state index contributed by atoms with van der Waals surface area (Å²) in [4.78, 5) is 13.6. The number of hydrogen-bond donors (Lipinski definition) is 2. The lowest BCUT2D eigenvalue weighted by atomic mass is 10.1. The Morgan fingerprint density at radius 3 is 2.60 bits per heavy atom. The lowest BCUT2D eigenvalue weighted by Crippen LogP contribution is -2.32. The molecule has 0 radical (unpaired) electrons. The minimum atomic E-state index is -0.0300. The van der Waals surface area contributed by atoms with Crippen molar-refractivity contribution < 1.29 is 4.79 Å². The van der Waals surface area contributed by atoms with E-state index in [-0.39, 0.29) is 5.91 Å². The number of nitrogens with one attached hydrogen (secondary N) is 2. The van der Waals surface area contributed by atoms with Crippen molar-refractivity contribution >= 4 is 11.6 Å². The van der Waals surface area contributed by atoms with Crippen molar-refractivity contribution in [2.75, 3.05) is 31.5 Å². The molecule has 1 amide bonds. The van der Waals surface area contributed by atoms with Crippen LogP contribution in [0.2, 0.25) is 0 Å². The van der Waals surface area contributed by atoms with Gasteiger partial charge in [-0.1, -0.05) is 32.0 Å². The van der Waals surface area contributed by atoms with Gasteiger partial charge in [0.25, 0.3) is 0 Å². The van der Waals surface area contributed by atoms with Crippen LogP contribution in [0.25, 0.3) is 0 Å². The molecule has 0 saturated heterocycles. The van der Waals surface area contributed by atoms with Gasteiger partial charge in [-0.25, -0.2) is 0 Å². The third kappa shape index (κ3) is 6.17. The second kappa shape index (κ2) is 9.50. The predicted molar refractivity (Wildman–Crippen MR) is 84.9 cm³/mol. The molecule has 0 unspecified atom stereocenters. The van der Waals surface area contributed by atoms with Crippen LogP contribution in [0.3, 0.4) is 0 Å². The maximum Gasteiger partial charge on any atom is 0.221 e. The van der Waals surface area contributed by atoms with Crippen molar-refractivity contribution in [1.29, 1.82) is 0 Å². The topological polar surface area (TPSA) is 44.4 Å². The van der Waals surface area contributed by atoms with E-state index in [1.807, 2.05) is 24.3 Å². The first kappa shape index (κ1) is 16.7. The number of para-hydroxylation sites is 1. The number of amides is 1. The zero-order valence-corrected chi connectivity index (χ0v) is 12.9. The number of benzene rings is 1. The Balaban J connectivity index is 2.40. The summed E-state index contributed by atoms with van der Waals surface area (Å²) in [5.74, 6) is -0.0300. The molecule has 4 heteroatoms. The van der Waals surface area contributed by atoms with Crippen LogP contribution in [0.4, 0.5) is 5.69 Å². The van der Waals surface area contributed by atoms with Crippen LogP contribution in [0.1, 0.15) is 32.8 Å². The van der Waals surface area contributed by atoms with E-state index >= 15 is 0 Å². The molecule has 0 bridgehead atoms. The summed E-state index contributed by atoms with van der Waals surface area (Å²) >= 11 is 0. The molecule has 0 aliphatic carbocycles. The number of hydrogen-bond acceptors (Lipinski definition) is 3. The molecule has 1 rings (SSSR count). The summed E-state index contributed by atoms with van der Waals surface area (Å²) in [5.41, 5.74) is 2.02. The molecule has 0 saturated carbocycles. The van der Waals surface area contributed by atoms with Gasteiger partial charge >= 0.3 is 0 Å². The van der Waals surface area contributed by atoms with Gasteiger partial charge in [-0.2, -0.15) is 0 Å². The zero-order chi connectivity index (χ0) is 14.8. The second-order valence-corrected chi connectivity index (χ2v) is 4.95. The van der Waals surface area contributed by atoms with E-state index in [9.17, 15) is 4.79 Å². The molecule has 1 aromatic rings. The fourth-order valence-corrected chi connectivity index (χ4v) is 2.19. The van der Waals surface area contributed by atoms with Crippen LogP contribution >= 0.6 is 0 Å². The van der Waals surface area contributed by atoms with Crippen molar-refractivity contribution in [3.8, 4) is 0 Å². The normalized spacial score (nSPS) is 10.8. The van der Waals surface area contributed by atoms with Crippen molar-refractivity contribution in [1.82, 2.24) is 10.2 Å². The summed E-state index contributed by atoms with van der Waals surface area (Å²) in [6, 6.07) is 7.92. The minimum Gasteiger partial charge on any atom is -0.326 e. The summed E-state index contributed by atoms with van der Waals surface area (Å²) in [7, 11) is 0. The Morgan fingerprint density at radius 2 is 1.95 bits per heavy atom. The van der Waals surface area contributed by atoms with Crippen molar-refractivity contribution in [3.05, 3.63) is 29.8 Å². The smallest absolute Gasteiger partial charge is 0.221 e. The van der Waals surface area contributed by atoms with E-state index in [0.29, 0.717) is 0 Å². The van der Waals surface area contributed by atoms with E-state index in [4.69, 9.17) is 0 Å². The second-order valence-electron chi connectivity index (χ2n) is 4.95. The number of likely N-dealkylation sites (N-methyl/N-ethyl adjacent to an activating group) is 1. The number of carbonyl (C=O) groups is 1. The first-order valence-electron chi connectivity index (χ1n) is 7.46.